The van der Waals surface area contributed by atoms with Gasteiger partial charge in [0.25, 0.3) is 5.91 Å². The average Bonchev–Trinajstić information content (AvgIpc) is 2.44. The zero-order chi connectivity index (χ0) is 15.3. The fourth-order valence-electron chi connectivity index (χ4n) is 1.87. The number of carbonyl (C=O) groups is 1. The molecule has 0 saturated carbocycles. The molecule has 0 heterocycles. The Balaban J connectivity index is 2.82. The molecule has 0 aromatic heterocycles. The third-order valence-corrected chi connectivity index (χ3v) is 3.63. The number of nitrogen functional groups attached to an aromatic ring is 1. The molecule has 5 heteroatoms. The van der Waals surface area contributed by atoms with E-state index in [1.165, 1.54) is 4.90 Å². The van der Waals surface area contributed by atoms with Gasteiger partial charge in [0.15, 0.2) is 0 Å². The van der Waals surface area contributed by atoms with Crippen molar-refractivity contribution in [2.45, 2.75) is 32.3 Å². The third kappa shape index (κ3) is 3.87. The van der Waals surface area contributed by atoms with Crippen molar-refractivity contribution in [3.05, 3.63) is 23.8 Å². The number of amides is 1. The summed E-state index contributed by atoms with van der Waals surface area (Å²) >= 11 is 0. The SMILES string of the molecule is CCC(O)(CC)CNc1ccc(C(=O)N(C)C)cc1N. The summed E-state index contributed by atoms with van der Waals surface area (Å²) in [6.45, 7) is 4.34. The average molecular weight is 279 g/mol. The third-order valence-electron chi connectivity index (χ3n) is 3.63. The number of nitrogens with one attached hydrogen (secondary N) is 1. The Morgan fingerprint density at radius 2 is 1.95 bits per heavy atom. The van der Waals surface area contributed by atoms with Gasteiger partial charge < -0.3 is 21.1 Å². The van der Waals surface area contributed by atoms with Crippen LogP contribution in [0.15, 0.2) is 18.2 Å². The molecule has 1 rings (SSSR count). The van der Waals surface area contributed by atoms with Gasteiger partial charge in [-0.05, 0) is 31.0 Å². The number of anilines is 2. The lowest BCUT2D eigenvalue weighted by Crippen LogP contribution is -2.35. The Kier molecular flexibility index (Phi) is 5.39. The van der Waals surface area contributed by atoms with Crippen LogP contribution < -0.4 is 11.1 Å². The van der Waals surface area contributed by atoms with E-state index in [4.69, 9.17) is 5.73 Å². The Bertz CT molecular complexity index is 468. The molecule has 0 aliphatic rings. The summed E-state index contributed by atoms with van der Waals surface area (Å²) in [4.78, 5) is 13.3. The van der Waals surface area contributed by atoms with Crippen molar-refractivity contribution in [2.24, 2.45) is 0 Å². The van der Waals surface area contributed by atoms with Crippen LogP contribution in [0.2, 0.25) is 0 Å². The summed E-state index contributed by atoms with van der Waals surface area (Å²) in [7, 11) is 3.40. The van der Waals surface area contributed by atoms with Crippen molar-refractivity contribution in [1.29, 1.82) is 0 Å². The van der Waals surface area contributed by atoms with E-state index in [0.717, 1.165) is 5.69 Å². The molecule has 4 N–H and O–H groups in total. The first-order chi connectivity index (χ1) is 9.33. The number of nitrogens with two attached hydrogens (primary N) is 1. The predicted octanol–water partition coefficient (Wildman–Crippen LogP) is 1.93. The Morgan fingerprint density at radius 1 is 1.35 bits per heavy atom. The maximum absolute atomic E-state index is 11.8. The molecule has 1 amide bonds. The van der Waals surface area contributed by atoms with E-state index in [9.17, 15) is 9.90 Å². The largest absolute Gasteiger partial charge is 0.397 e. The summed E-state index contributed by atoms with van der Waals surface area (Å²) < 4.78 is 0. The van der Waals surface area contributed by atoms with Gasteiger partial charge in [0, 0.05) is 26.2 Å². The number of carbonyl (C=O) groups excluding carboxylic acids is 1. The van der Waals surface area contributed by atoms with Crippen molar-refractivity contribution >= 4 is 17.3 Å². The topological polar surface area (TPSA) is 78.6 Å². The van der Waals surface area contributed by atoms with Gasteiger partial charge in [0.05, 0.1) is 17.0 Å². The highest BCUT2D eigenvalue weighted by Crippen LogP contribution is 2.23. The molecular formula is C15H25N3O2. The van der Waals surface area contributed by atoms with Crippen LogP contribution >= 0.6 is 0 Å². The van der Waals surface area contributed by atoms with Gasteiger partial charge in [-0.15, -0.1) is 0 Å². The van der Waals surface area contributed by atoms with Crippen LogP contribution in [0.25, 0.3) is 0 Å². The first-order valence-corrected chi connectivity index (χ1v) is 6.90. The normalized spacial score (nSPS) is 11.2. The highest BCUT2D eigenvalue weighted by atomic mass is 16.3. The van der Waals surface area contributed by atoms with Crippen LogP contribution in [0.3, 0.4) is 0 Å². The lowest BCUT2D eigenvalue weighted by molar-refractivity contribution is 0.0457. The molecule has 0 atom stereocenters. The minimum absolute atomic E-state index is 0.0816. The molecule has 0 aliphatic heterocycles. The molecule has 1 aromatic carbocycles. The van der Waals surface area contributed by atoms with Crippen LogP contribution in [0, 0.1) is 0 Å². The number of nitrogens with zero attached hydrogens (tertiary/aromatic N) is 1. The lowest BCUT2D eigenvalue weighted by Gasteiger charge is -2.26. The van der Waals surface area contributed by atoms with Gasteiger partial charge in [-0.2, -0.15) is 0 Å². The molecule has 20 heavy (non-hydrogen) atoms. The zero-order valence-corrected chi connectivity index (χ0v) is 12.7. The van der Waals surface area contributed by atoms with Crippen LogP contribution in [0.4, 0.5) is 11.4 Å². The second-order valence-electron chi connectivity index (χ2n) is 5.29. The molecular weight excluding hydrogens is 254 g/mol. The minimum Gasteiger partial charge on any atom is -0.397 e. The molecule has 0 aliphatic carbocycles. The van der Waals surface area contributed by atoms with Gasteiger partial charge in [0.1, 0.15) is 0 Å². The Labute approximate surface area is 120 Å². The number of hydrogen-bond donors (Lipinski definition) is 3. The predicted molar refractivity (Wildman–Crippen MR) is 82.9 cm³/mol. The minimum atomic E-state index is -0.732. The molecule has 112 valence electrons. The van der Waals surface area contributed by atoms with E-state index >= 15 is 0 Å². The monoisotopic (exact) mass is 279 g/mol. The van der Waals surface area contributed by atoms with Gasteiger partial charge in [-0.25, -0.2) is 0 Å². The summed E-state index contributed by atoms with van der Waals surface area (Å²) in [6.07, 6.45) is 1.35. The number of benzene rings is 1. The van der Waals surface area contributed by atoms with E-state index in [-0.39, 0.29) is 5.91 Å². The summed E-state index contributed by atoms with van der Waals surface area (Å²) in [6, 6.07) is 5.16. The Morgan fingerprint density at radius 3 is 2.40 bits per heavy atom. The molecule has 0 saturated heterocycles. The maximum atomic E-state index is 11.8. The zero-order valence-electron chi connectivity index (χ0n) is 12.7. The second kappa shape index (κ2) is 6.61. The van der Waals surface area contributed by atoms with E-state index in [1.807, 2.05) is 13.8 Å². The van der Waals surface area contributed by atoms with E-state index in [2.05, 4.69) is 5.32 Å². The summed E-state index contributed by atoms with van der Waals surface area (Å²) in [5.41, 5.74) is 7.02. The van der Waals surface area contributed by atoms with E-state index in [0.29, 0.717) is 30.6 Å². The first kappa shape index (κ1) is 16.3. The van der Waals surface area contributed by atoms with E-state index in [1.54, 1.807) is 32.3 Å². The number of aliphatic hydroxyl groups is 1. The first-order valence-electron chi connectivity index (χ1n) is 6.90. The van der Waals surface area contributed by atoms with Crippen molar-refractivity contribution in [3.8, 4) is 0 Å². The molecule has 1 aromatic rings. The second-order valence-corrected chi connectivity index (χ2v) is 5.29. The van der Waals surface area contributed by atoms with Crippen molar-refractivity contribution in [3.63, 3.8) is 0 Å². The highest BCUT2D eigenvalue weighted by molar-refractivity contribution is 5.95. The Hall–Kier alpha value is -1.75. The number of hydrogen-bond acceptors (Lipinski definition) is 4. The van der Waals surface area contributed by atoms with Crippen LogP contribution in [-0.2, 0) is 0 Å². The van der Waals surface area contributed by atoms with Crippen LogP contribution in [-0.4, -0.2) is 42.2 Å². The van der Waals surface area contributed by atoms with E-state index < -0.39 is 5.60 Å². The molecule has 0 radical (unpaired) electrons. The quantitative estimate of drug-likeness (QED) is 0.695. The molecule has 0 bridgehead atoms. The van der Waals surface area contributed by atoms with Crippen molar-refractivity contribution in [1.82, 2.24) is 4.90 Å². The van der Waals surface area contributed by atoms with Gasteiger partial charge in [-0.1, -0.05) is 13.8 Å². The van der Waals surface area contributed by atoms with Crippen molar-refractivity contribution < 1.29 is 9.90 Å². The highest BCUT2D eigenvalue weighted by Gasteiger charge is 2.22. The maximum Gasteiger partial charge on any atom is 0.253 e. The van der Waals surface area contributed by atoms with Gasteiger partial charge in [0.2, 0.25) is 0 Å². The van der Waals surface area contributed by atoms with Gasteiger partial charge >= 0.3 is 0 Å². The molecule has 5 nitrogen and oxygen atoms in total. The van der Waals surface area contributed by atoms with Gasteiger partial charge in [-0.3, -0.25) is 4.79 Å². The fourth-order valence-corrected chi connectivity index (χ4v) is 1.87. The summed E-state index contributed by atoms with van der Waals surface area (Å²) in [5.74, 6) is -0.0816. The number of rotatable bonds is 6. The van der Waals surface area contributed by atoms with Crippen LogP contribution in [0.1, 0.15) is 37.0 Å². The fraction of sp³-hybridized carbons (Fsp3) is 0.533. The van der Waals surface area contributed by atoms with Crippen molar-refractivity contribution in [2.75, 3.05) is 31.7 Å². The molecule has 0 fully saturated rings. The summed E-state index contributed by atoms with van der Waals surface area (Å²) in [5, 5.41) is 13.4. The standard InChI is InChI=1S/C15H25N3O2/c1-5-15(20,6-2)10-17-13-8-7-11(9-12(13)16)14(19)18(3)4/h7-9,17,20H,5-6,10,16H2,1-4H3. The smallest absolute Gasteiger partial charge is 0.253 e. The van der Waals surface area contributed by atoms with Crippen LogP contribution in [0.5, 0.6) is 0 Å². The molecule has 0 spiro atoms. The lowest BCUT2D eigenvalue weighted by atomic mass is 9.97. The molecule has 0 unspecified atom stereocenters.